The minimum atomic E-state index is -0.423. The number of methoxy groups -OCH3 is 1. The normalized spacial score (nSPS) is 18.1. The summed E-state index contributed by atoms with van der Waals surface area (Å²) < 4.78 is 24.0. The van der Waals surface area contributed by atoms with Gasteiger partial charge in [0.05, 0.1) is 18.9 Å². The second kappa shape index (κ2) is 8.05. The SMILES string of the molecule is COc1ccc(/C(C)=N\NC(=S)NC[C@H]2CCCO2)cc1F. The van der Waals surface area contributed by atoms with Gasteiger partial charge in [-0.1, -0.05) is 0 Å². The predicted octanol–water partition coefficient (Wildman–Crippen LogP) is 2.20. The molecule has 1 saturated heterocycles. The molecular formula is C15H20FN3O2S. The highest BCUT2D eigenvalue weighted by Crippen LogP contribution is 2.18. The van der Waals surface area contributed by atoms with E-state index in [0.717, 1.165) is 19.4 Å². The fourth-order valence-electron chi connectivity index (χ4n) is 2.14. The molecule has 1 fully saturated rings. The first kappa shape index (κ1) is 16.6. The van der Waals surface area contributed by atoms with E-state index in [1.807, 2.05) is 0 Å². The molecule has 0 bridgehead atoms. The molecule has 0 radical (unpaired) electrons. The largest absolute Gasteiger partial charge is 0.494 e. The third-order valence-electron chi connectivity index (χ3n) is 3.41. The van der Waals surface area contributed by atoms with E-state index in [4.69, 9.17) is 21.7 Å². The third kappa shape index (κ3) is 4.64. The van der Waals surface area contributed by atoms with Crippen LogP contribution >= 0.6 is 12.2 Å². The van der Waals surface area contributed by atoms with Gasteiger partial charge in [-0.25, -0.2) is 4.39 Å². The molecule has 0 saturated carbocycles. The fourth-order valence-corrected chi connectivity index (χ4v) is 2.27. The Bertz CT molecular complexity index is 560. The zero-order chi connectivity index (χ0) is 15.9. The summed E-state index contributed by atoms with van der Waals surface area (Å²) >= 11 is 5.14. The molecule has 1 aromatic rings. The van der Waals surface area contributed by atoms with Gasteiger partial charge in [0.25, 0.3) is 0 Å². The number of hydrazone groups is 1. The van der Waals surface area contributed by atoms with Crippen molar-refractivity contribution in [3.63, 3.8) is 0 Å². The van der Waals surface area contributed by atoms with Crippen LogP contribution in [0.2, 0.25) is 0 Å². The number of nitrogens with one attached hydrogen (secondary N) is 2. The molecule has 120 valence electrons. The van der Waals surface area contributed by atoms with E-state index in [-0.39, 0.29) is 11.9 Å². The number of nitrogens with zero attached hydrogens (tertiary/aromatic N) is 1. The predicted molar refractivity (Wildman–Crippen MR) is 87.9 cm³/mol. The van der Waals surface area contributed by atoms with Crippen molar-refractivity contribution >= 4 is 23.0 Å². The average Bonchev–Trinajstić information content (AvgIpc) is 3.03. The Morgan fingerprint density at radius 3 is 3.00 bits per heavy atom. The number of hydrogen-bond acceptors (Lipinski definition) is 4. The first-order valence-electron chi connectivity index (χ1n) is 7.14. The smallest absolute Gasteiger partial charge is 0.187 e. The second-order valence-electron chi connectivity index (χ2n) is 5.00. The molecule has 2 rings (SSSR count). The molecule has 1 aromatic carbocycles. The van der Waals surface area contributed by atoms with E-state index in [9.17, 15) is 4.39 Å². The van der Waals surface area contributed by atoms with Gasteiger partial charge in [-0.15, -0.1) is 0 Å². The van der Waals surface area contributed by atoms with Crippen molar-refractivity contribution in [2.24, 2.45) is 5.10 Å². The van der Waals surface area contributed by atoms with Crippen LogP contribution in [0, 0.1) is 5.82 Å². The molecular weight excluding hydrogens is 305 g/mol. The van der Waals surface area contributed by atoms with Gasteiger partial charge >= 0.3 is 0 Å². The maximum atomic E-state index is 13.7. The third-order valence-corrected chi connectivity index (χ3v) is 3.64. The summed E-state index contributed by atoms with van der Waals surface area (Å²) in [4.78, 5) is 0. The average molecular weight is 325 g/mol. The molecule has 1 atom stereocenters. The van der Waals surface area contributed by atoms with Crippen LogP contribution in [0.1, 0.15) is 25.3 Å². The number of ether oxygens (including phenoxy) is 2. The van der Waals surface area contributed by atoms with Gasteiger partial charge in [-0.2, -0.15) is 5.10 Å². The molecule has 1 heterocycles. The van der Waals surface area contributed by atoms with E-state index < -0.39 is 5.82 Å². The number of halogens is 1. The summed E-state index contributed by atoms with van der Waals surface area (Å²) in [6.45, 7) is 3.25. The summed E-state index contributed by atoms with van der Waals surface area (Å²) in [6, 6.07) is 4.69. The van der Waals surface area contributed by atoms with Crippen LogP contribution in [0.25, 0.3) is 0 Å². The molecule has 5 nitrogen and oxygen atoms in total. The molecule has 0 unspecified atom stereocenters. The summed E-state index contributed by atoms with van der Waals surface area (Å²) in [5, 5.41) is 7.63. The lowest BCUT2D eigenvalue weighted by molar-refractivity contribution is 0.114. The highest BCUT2D eigenvalue weighted by molar-refractivity contribution is 7.80. The fraction of sp³-hybridized carbons (Fsp3) is 0.467. The number of thiocarbonyl (C=S) groups is 1. The zero-order valence-corrected chi connectivity index (χ0v) is 13.5. The van der Waals surface area contributed by atoms with E-state index in [1.165, 1.54) is 13.2 Å². The first-order chi connectivity index (χ1) is 10.6. The van der Waals surface area contributed by atoms with Gasteiger partial charge in [-0.05, 0) is 50.2 Å². The second-order valence-corrected chi connectivity index (χ2v) is 5.41. The number of hydrogen-bond donors (Lipinski definition) is 2. The minimum absolute atomic E-state index is 0.207. The monoisotopic (exact) mass is 325 g/mol. The van der Waals surface area contributed by atoms with Crippen molar-refractivity contribution in [1.82, 2.24) is 10.7 Å². The van der Waals surface area contributed by atoms with Gasteiger partial charge in [0.2, 0.25) is 0 Å². The minimum Gasteiger partial charge on any atom is -0.494 e. The van der Waals surface area contributed by atoms with Crippen molar-refractivity contribution in [1.29, 1.82) is 0 Å². The van der Waals surface area contributed by atoms with Crippen LogP contribution in [0.4, 0.5) is 4.39 Å². The Morgan fingerprint density at radius 1 is 1.55 bits per heavy atom. The van der Waals surface area contributed by atoms with Crippen LogP contribution in [-0.2, 0) is 4.74 Å². The Morgan fingerprint density at radius 2 is 2.36 bits per heavy atom. The molecule has 22 heavy (non-hydrogen) atoms. The quantitative estimate of drug-likeness (QED) is 0.494. The Kier molecular flexibility index (Phi) is 6.09. The maximum Gasteiger partial charge on any atom is 0.187 e. The molecule has 0 amide bonds. The highest BCUT2D eigenvalue weighted by Gasteiger charge is 2.15. The molecule has 2 N–H and O–H groups in total. The van der Waals surface area contributed by atoms with Gasteiger partial charge in [0.1, 0.15) is 0 Å². The van der Waals surface area contributed by atoms with E-state index >= 15 is 0 Å². The van der Waals surface area contributed by atoms with Gasteiger partial charge in [0.15, 0.2) is 16.7 Å². The van der Waals surface area contributed by atoms with Crippen LogP contribution < -0.4 is 15.5 Å². The van der Waals surface area contributed by atoms with Crippen LogP contribution in [0.3, 0.4) is 0 Å². The zero-order valence-electron chi connectivity index (χ0n) is 12.7. The lowest BCUT2D eigenvalue weighted by Gasteiger charge is -2.12. The number of benzene rings is 1. The van der Waals surface area contributed by atoms with Crippen molar-refractivity contribution in [3.05, 3.63) is 29.6 Å². The lowest BCUT2D eigenvalue weighted by atomic mass is 10.1. The van der Waals surface area contributed by atoms with Crippen molar-refractivity contribution in [2.75, 3.05) is 20.3 Å². The highest BCUT2D eigenvalue weighted by atomic mass is 32.1. The Balaban J connectivity index is 1.85. The van der Waals surface area contributed by atoms with Gasteiger partial charge < -0.3 is 14.8 Å². The maximum absolute atomic E-state index is 13.7. The van der Waals surface area contributed by atoms with Gasteiger partial charge in [0, 0.05) is 18.7 Å². The number of rotatable bonds is 5. The van der Waals surface area contributed by atoms with Gasteiger partial charge in [-0.3, -0.25) is 5.43 Å². The lowest BCUT2D eigenvalue weighted by Crippen LogP contribution is -2.37. The Hall–Kier alpha value is -1.73. The standard InChI is InChI=1S/C15H20FN3O2S/c1-10(11-5-6-14(20-2)13(16)8-11)18-19-15(22)17-9-12-4-3-7-21-12/h5-6,8,12H,3-4,7,9H2,1-2H3,(H2,17,19,22)/b18-10-/t12-/m1/s1. The topological polar surface area (TPSA) is 54.9 Å². The van der Waals surface area contributed by atoms with E-state index in [2.05, 4.69) is 15.8 Å². The molecule has 1 aliphatic rings. The molecule has 0 aliphatic carbocycles. The molecule has 7 heteroatoms. The van der Waals surface area contributed by atoms with Crippen LogP contribution in [0.5, 0.6) is 5.75 Å². The summed E-state index contributed by atoms with van der Waals surface area (Å²) in [5.74, 6) is -0.216. The Labute approximate surface area is 134 Å². The van der Waals surface area contributed by atoms with E-state index in [0.29, 0.717) is 22.9 Å². The van der Waals surface area contributed by atoms with Crippen molar-refractivity contribution in [2.45, 2.75) is 25.9 Å². The molecule has 1 aliphatic heterocycles. The first-order valence-corrected chi connectivity index (χ1v) is 7.54. The van der Waals surface area contributed by atoms with E-state index in [1.54, 1.807) is 19.1 Å². The van der Waals surface area contributed by atoms with Crippen molar-refractivity contribution < 1.29 is 13.9 Å². The van der Waals surface area contributed by atoms with Crippen molar-refractivity contribution in [3.8, 4) is 5.75 Å². The van der Waals surface area contributed by atoms with Crippen LogP contribution in [0.15, 0.2) is 23.3 Å². The molecule has 0 spiro atoms. The summed E-state index contributed by atoms with van der Waals surface area (Å²) in [7, 11) is 1.43. The summed E-state index contributed by atoms with van der Waals surface area (Å²) in [5.41, 5.74) is 4.04. The van der Waals surface area contributed by atoms with Crippen LogP contribution in [-0.4, -0.2) is 37.2 Å². The summed E-state index contributed by atoms with van der Waals surface area (Å²) in [6.07, 6.45) is 2.34. The molecule has 0 aromatic heterocycles.